The van der Waals surface area contributed by atoms with Crippen molar-refractivity contribution >= 4 is 28.3 Å². The van der Waals surface area contributed by atoms with Gasteiger partial charge in [-0.05, 0) is 13.0 Å². The zero-order chi connectivity index (χ0) is 14.9. The second-order valence-electron chi connectivity index (χ2n) is 4.93. The van der Waals surface area contributed by atoms with Crippen LogP contribution in [0.5, 0.6) is 0 Å². The van der Waals surface area contributed by atoms with E-state index >= 15 is 0 Å². The van der Waals surface area contributed by atoms with Gasteiger partial charge in [-0.25, -0.2) is 19.3 Å². The number of carbonyl (C=O) groups is 1. The number of aryl methyl sites for hydroxylation is 1. The first-order chi connectivity index (χ1) is 10.1. The van der Waals surface area contributed by atoms with Crippen molar-refractivity contribution in [1.82, 2.24) is 15.0 Å². The molecule has 21 heavy (non-hydrogen) atoms. The summed E-state index contributed by atoms with van der Waals surface area (Å²) in [6.07, 6.45) is 3.31. The number of anilines is 2. The van der Waals surface area contributed by atoms with E-state index in [1.54, 1.807) is 28.7 Å². The molecule has 0 bridgehead atoms. The minimum absolute atomic E-state index is 0.0480. The lowest BCUT2D eigenvalue weighted by Gasteiger charge is -2.19. The second kappa shape index (κ2) is 5.36. The Balaban J connectivity index is 1.71. The van der Waals surface area contributed by atoms with Crippen molar-refractivity contribution in [2.24, 2.45) is 0 Å². The van der Waals surface area contributed by atoms with Gasteiger partial charge in [-0.3, -0.25) is 10.1 Å². The van der Waals surface area contributed by atoms with Crippen molar-refractivity contribution in [1.29, 1.82) is 0 Å². The molecule has 1 amide bonds. The van der Waals surface area contributed by atoms with Crippen LogP contribution < -0.4 is 10.2 Å². The molecule has 1 atom stereocenters. The summed E-state index contributed by atoms with van der Waals surface area (Å²) >= 11 is 1.26. The Labute approximate surface area is 125 Å². The third-order valence-electron chi connectivity index (χ3n) is 3.34. The van der Waals surface area contributed by atoms with Crippen LogP contribution in [-0.2, 0) is 4.79 Å². The number of halogens is 1. The van der Waals surface area contributed by atoms with Crippen LogP contribution in [0.25, 0.3) is 0 Å². The fourth-order valence-electron chi connectivity index (χ4n) is 2.21. The van der Waals surface area contributed by atoms with Gasteiger partial charge in [-0.2, -0.15) is 0 Å². The highest BCUT2D eigenvalue weighted by Gasteiger charge is 2.46. The summed E-state index contributed by atoms with van der Waals surface area (Å²) < 4.78 is 14.8. The fraction of sp³-hybridized carbons (Fsp3) is 0.385. The van der Waals surface area contributed by atoms with E-state index in [1.807, 2.05) is 6.92 Å². The van der Waals surface area contributed by atoms with Gasteiger partial charge >= 0.3 is 0 Å². The smallest absolute Gasteiger partial charge is 0.265 e. The van der Waals surface area contributed by atoms with Crippen LogP contribution in [0.1, 0.15) is 12.1 Å². The number of thiazole rings is 1. The Hall–Kier alpha value is -2.09. The third kappa shape index (κ3) is 2.85. The lowest BCUT2D eigenvalue weighted by atomic mass is 10.1. The van der Waals surface area contributed by atoms with E-state index in [-0.39, 0.29) is 13.0 Å². The zero-order valence-electron chi connectivity index (χ0n) is 11.4. The molecule has 1 saturated heterocycles. The molecule has 8 heteroatoms. The predicted octanol–water partition coefficient (Wildman–Crippen LogP) is 1.80. The van der Waals surface area contributed by atoms with Gasteiger partial charge in [0.15, 0.2) is 5.13 Å². The molecule has 1 fully saturated rings. The molecule has 0 radical (unpaired) electrons. The summed E-state index contributed by atoms with van der Waals surface area (Å²) in [5, 5.41) is 4.64. The summed E-state index contributed by atoms with van der Waals surface area (Å²) in [6.45, 7) is 2.21. The number of amides is 1. The van der Waals surface area contributed by atoms with E-state index in [1.165, 1.54) is 11.3 Å². The maximum absolute atomic E-state index is 14.8. The minimum Gasteiger partial charge on any atom is -0.337 e. The van der Waals surface area contributed by atoms with Gasteiger partial charge in [-0.1, -0.05) is 0 Å². The van der Waals surface area contributed by atoms with Crippen molar-refractivity contribution in [3.63, 3.8) is 0 Å². The van der Waals surface area contributed by atoms with Crippen molar-refractivity contribution in [2.75, 3.05) is 23.3 Å². The van der Waals surface area contributed by atoms with Gasteiger partial charge < -0.3 is 4.90 Å². The first-order valence-electron chi connectivity index (χ1n) is 6.51. The van der Waals surface area contributed by atoms with Crippen molar-refractivity contribution < 1.29 is 9.18 Å². The van der Waals surface area contributed by atoms with Crippen LogP contribution in [0.4, 0.5) is 15.5 Å². The van der Waals surface area contributed by atoms with Gasteiger partial charge in [0, 0.05) is 36.4 Å². The SMILES string of the molecule is Cc1ccnc(N2CCC(F)(C(=O)Nc3nccs3)C2)n1. The van der Waals surface area contributed by atoms with Crippen molar-refractivity contribution in [2.45, 2.75) is 19.0 Å². The standard InChI is InChI=1S/C13H14FN5OS/c1-9-2-4-15-11(17-9)19-6-3-13(14,8-19)10(20)18-12-16-5-7-21-12/h2,4-5,7H,3,6,8H2,1H3,(H,16,18,20). The summed E-state index contributed by atoms with van der Waals surface area (Å²) in [7, 11) is 0. The highest BCUT2D eigenvalue weighted by molar-refractivity contribution is 7.13. The molecule has 6 nitrogen and oxygen atoms in total. The molecule has 3 heterocycles. The van der Waals surface area contributed by atoms with Crippen LogP contribution in [0.2, 0.25) is 0 Å². The molecular weight excluding hydrogens is 293 g/mol. The van der Waals surface area contributed by atoms with Gasteiger partial charge in [0.2, 0.25) is 11.6 Å². The lowest BCUT2D eigenvalue weighted by molar-refractivity contribution is -0.126. The Morgan fingerprint density at radius 3 is 3.05 bits per heavy atom. The van der Waals surface area contributed by atoms with E-state index in [0.29, 0.717) is 17.6 Å². The molecule has 1 aliphatic heterocycles. The molecule has 1 unspecified atom stereocenters. The van der Waals surface area contributed by atoms with Gasteiger partial charge in [0.05, 0.1) is 6.54 Å². The van der Waals surface area contributed by atoms with E-state index in [4.69, 9.17) is 0 Å². The van der Waals surface area contributed by atoms with Crippen LogP contribution in [0.3, 0.4) is 0 Å². The average molecular weight is 307 g/mol. The monoisotopic (exact) mass is 307 g/mol. The van der Waals surface area contributed by atoms with Crippen molar-refractivity contribution in [3.8, 4) is 0 Å². The number of rotatable bonds is 3. The highest BCUT2D eigenvalue weighted by atomic mass is 32.1. The van der Waals surface area contributed by atoms with E-state index in [0.717, 1.165) is 5.69 Å². The second-order valence-corrected chi connectivity index (χ2v) is 5.82. The van der Waals surface area contributed by atoms with Crippen LogP contribution in [-0.4, -0.2) is 39.6 Å². The predicted molar refractivity (Wildman–Crippen MR) is 78.2 cm³/mol. The maximum Gasteiger partial charge on any atom is 0.265 e. The fourth-order valence-corrected chi connectivity index (χ4v) is 2.74. The van der Waals surface area contributed by atoms with Crippen LogP contribution in [0, 0.1) is 6.92 Å². The maximum atomic E-state index is 14.8. The Morgan fingerprint density at radius 1 is 1.48 bits per heavy atom. The molecule has 0 aliphatic carbocycles. The molecular formula is C13H14FN5OS. The largest absolute Gasteiger partial charge is 0.337 e. The quantitative estimate of drug-likeness (QED) is 0.936. The number of hydrogen-bond donors (Lipinski definition) is 1. The first-order valence-corrected chi connectivity index (χ1v) is 7.39. The molecule has 0 aromatic carbocycles. The van der Waals surface area contributed by atoms with Crippen LogP contribution in [0.15, 0.2) is 23.8 Å². The molecule has 1 aliphatic rings. The molecule has 2 aromatic rings. The number of alkyl halides is 1. The number of aromatic nitrogens is 3. The summed E-state index contributed by atoms with van der Waals surface area (Å²) in [6, 6.07) is 1.78. The molecule has 0 spiro atoms. The van der Waals surface area contributed by atoms with Gasteiger partial charge in [-0.15, -0.1) is 11.3 Å². The zero-order valence-corrected chi connectivity index (χ0v) is 12.2. The molecule has 0 saturated carbocycles. The molecule has 3 rings (SSSR count). The van der Waals surface area contributed by atoms with Crippen LogP contribution >= 0.6 is 11.3 Å². The Kier molecular flexibility index (Phi) is 3.54. The summed E-state index contributed by atoms with van der Waals surface area (Å²) in [4.78, 5) is 26.1. The first kappa shape index (κ1) is 13.9. The Bertz CT molecular complexity index is 650. The highest BCUT2D eigenvalue weighted by Crippen LogP contribution is 2.29. The number of nitrogens with one attached hydrogen (secondary N) is 1. The molecule has 2 aromatic heterocycles. The average Bonchev–Trinajstić information content (AvgIpc) is 3.09. The topological polar surface area (TPSA) is 71.0 Å². The summed E-state index contributed by atoms with van der Waals surface area (Å²) in [5.74, 6) is -0.204. The minimum atomic E-state index is -1.95. The van der Waals surface area contributed by atoms with E-state index in [2.05, 4.69) is 20.3 Å². The van der Waals surface area contributed by atoms with Crippen molar-refractivity contribution in [3.05, 3.63) is 29.5 Å². The third-order valence-corrected chi connectivity index (χ3v) is 4.03. The van der Waals surface area contributed by atoms with E-state index in [9.17, 15) is 9.18 Å². The van der Waals surface area contributed by atoms with E-state index < -0.39 is 11.6 Å². The van der Waals surface area contributed by atoms with Gasteiger partial charge in [0.1, 0.15) is 0 Å². The lowest BCUT2D eigenvalue weighted by Crippen LogP contribution is -2.41. The van der Waals surface area contributed by atoms with Gasteiger partial charge in [0.25, 0.3) is 5.91 Å². The summed E-state index contributed by atoms with van der Waals surface area (Å²) in [5.41, 5.74) is -1.14. The Morgan fingerprint density at radius 2 is 2.33 bits per heavy atom. The normalized spacial score (nSPS) is 21.5. The number of carbonyl (C=O) groups excluding carboxylic acids is 1. The molecule has 1 N–H and O–H groups in total. The number of hydrogen-bond acceptors (Lipinski definition) is 6. The molecule has 110 valence electrons. The number of nitrogens with zero attached hydrogens (tertiary/aromatic N) is 4.